The lowest BCUT2D eigenvalue weighted by atomic mass is 10.1. The van der Waals surface area contributed by atoms with E-state index < -0.39 is 15.9 Å². The van der Waals surface area contributed by atoms with Crippen LogP contribution in [0.5, 0.6) is 0 Å². The van der Waals surface area contributed by atoms with Crippen molar-refractivity contribution in [3.8, 4) is 0 Å². The molecule has 0 aromatic rings. The molecule has 84 valence electrons. The summed E-state index contributed by atoms with van der Waals surface area (Å²) in [5, 5.41) is 1.47. The fraction of sp³-hybridized carbons (Fsp3) is 0.889. The molecule has 0 bridgehead atoms. The van der Waals surface area contributed by atoms with Crippen LogP contribution in [0.4, 0.5) is 4.79 Å². The molecule has 0 radical (unpaired) electrons. The number of hydrogen-bond donors (Lipinski definition) is 2. The molecule has 0 saturated heterocycles. The molecule has 0 spiro atoms. The molecular weight excluding hydrogens is 202 g/mol. The predicted octanol–water partition coefficient (Wildman–Crippen LogP) is 1.67. The van der Waals surface area contributed by atoms with Gasteiger partial charge in [0.1, 0.15) is 0 Å². The normalized spacial score (nSPS) is 10.4. The van der Waals surface area contributed by atoms with Crippen LogP contribution >= 0.6 is 0 Å². The van der Waals surface area contributed by atoms with E-state index in [4.69, 9.17) is 0 Å². The fourth-order valence-electron chi connectivity index (χ4n) is 1.17. The summed E-state index contributed by atoms with van der Waals surface area (Å²) >= 11 is 0. The summed E-state index contributed by atoms with van der Waals surface area (Å²) in [4.78, 5) is 10.6. The molecule has 0 aliphatic carbocycles. The number of rotatable bonds is 7. The van der Waals surface area contributed by atoms with Crippen molar-refractivity contribution in [1.82, 2.24) is 5.32 Å². The van der Waals surface area contributed by atoms with E-state index in [0.29, 0.717) is 6.54 Å². The first-order chi connectivity index (χ1) is 6.68. The van der Waals surface area contributed by atoms with Crippen molar-refractivity contribution in [2.45, 2.75) is 45.4 Å². The van der Waals surface area contributed by atoms with E-state index in [2.05, 4.69) is 12.2 Å². The van der Waals surface area contributed by atoms with Crippen LogP contribution in [0, 0.1) is 0 Å². The van der Waals surface area contributed by atoms with E-state index in [1.807, 2.05) is 0 Å². The summed E-state index contributed by atoms with van der Waals surface area (Å²) < 4.78 is 20.3. The zero-order valence-corrected chi connectivity index (χ0v) is 9.52. The van der Waals surface area contributed by atoms with Gasteiger partial charge in [-0.2, -0.15) is 0 Å². The Morgan fingerprint density at radius 2 is 1.64 bits per heavy atom. The maximum atomic E-state index is 10.6. The van der Waals surface area contributed by atoms with Gasteiger partial charge in [-0.1, -0.05) is 39.0 Å². The average Bonchev–Trinajstić information content (AvgIpc) is 2.16. The lowest BCUT2D eigenvalue weighted by Gasteiger charge is -2.00. The van der Waals surface area contributed by atoms with Crippen LogP contribution in [0.25, 0.3) is 0 Å². The van der Waals surface area contributed by atoms with Gasteiger partial charge in [0, 0.05) is 6.54 Å². The molecule has 1 amide bonds. The van der Waals surface area contributed by atoms with E-state index in [9.17, 15) is 13.2 Å². The van der Waals surface area contributed by atoms with Crippen LogP contribution in [0.1, 0.15) is 45.4 Å². The Morgan fingerprint density at radius 1 is 1.07 bits per heavy atom. The van der Waals surface area contributed by atoms with Crippen molar-refractivity contribution >= 4 is 15.9 Å². The van der Waals surface area contributed by atoms with E-state index >= 15 is 0 Å². The second kappa shape index (κ2) is 8.99. The standard InChI is InChI=1S/C9H19NO3S/c1-2-3-4-5-6-7-8-10-9(11)14(12)13/h14H,2-8H2,1H3,(H,10,11). The summed E-state index contributed by atoms with van der Waals surface area (Å²) in [6.45, 7) is 2.62. The summed E-state index contributed by atoms with van der Waals surface area (Å²) in [6, 6.07) is 0. The van der Waals surface area contributed by atoms with Gasteiger partial charge in [-0.15, -0.1) is 0 Å². The Labute approximate surface area is 87.0 Å². The van der Waals surface area contributed by atoms with Gasteiger partial charge < -0.3 is 5.32 Å². The highest BCUT2D eigenvalue weighted by Crippen LogP contribution is 2.03. The largest absolute Gasteiger partial charge is 0.343 e. The van der Waals surface area contributed by atoms with Crippen molar-refractivity contribution in [2.24, 2.45) is 0 Å². The second-order valence-corrected chi connectivity index (χ2v) is 4.18. The summed E-state index contributed by atoms with van der Waals surface area (Å²) in [6.07, 6.45) is 6.76. The third-order valence-electron chi connectivity index (χ3n) is 1.97. The minimum absolute atomic E-state index is 0.467. The predicted molar refractivity (Wildman–Crippen MR) is 57.1 cm³/mol. The van der Waals surface area contributed by atoms with E-state index in [-0.39, 0.29) is 0 Å². The van der Waals surface area contributed by atoms with E-state index in [1.54, 1.807) is 0 Å². The molecule has 0 unspecified atom stereocenters. The molecule has 0 rings (SSSR count). The number of amides is 1. The van der Waals surface area contributed by atoms with Gasteiger partial charge in [-0.25, -0.2) is 8.42 Å². The van der Waals surface area contributed by atoms with Gasteiger partial charge >= 0.3 is 5.24 Å². The molecule has 0 aromatic carbocycles. The first kappa shape index (κ1) is 13.4. The van der Waals surface area contributed by atoms with Crippen molar-refractivity contribution < 1.29 is 13.2 Å². The number of thiol groups is 1. The zero-order chi connectivity index (χ0) is 10.8. The van der Waals surface area contributed by atoms with Crippen LogP contribution in [0.15, 0.2) is 0 Å². The Balaban J connectivity index is 3.17. The van der Waals surface area contributed by atoms with Gasteiger partial charge in [0.25, 0.3) is 0 Å². The van der Waals surface area contributed by atoms with Crippen LogP contribution in [0.2, 0.25) is 0 Å². The van der Waals surface area contributed by atoms with Crippen molar-refractivity contribution in [2.75, 3.05) is 6.54 Å². The highest BCUT2D eigenvalue weighted by molar-refractivity contribution is 7.89. The van der Waals surface area contributed by atoms with Gasteiger partial charge in [0.05, 0.1) is 0 Å². The van der Waals surface area contributed by atoms with E-state index in [1.165, 1.54) is 19.3 Å². The monoisotopic (exact) mass is 221 g/mol. The highest BCUT2D eigenvalue weighted by Gasteiger charge is 2.00. The SMILES string of the molecule is CCCCCCCCNC(=O)[SH](=O)=O. The van der Waals surface area contributed by atoms with Crippen LogP contribution in [0.3, 0.4) is 0 Å². The molecule has 0 aliphatic rings. The minimum Gasteiger partial charge on any atom is -0.343 e. The Bertz CT molecular complexity index is 218. The number of carbonyl (C=O) groups is 1. The molecule has 0 fully saturated rings. The number of hydrogen-bond acceptors (Lipinski definition) is 3. The van der Waals surface area contributed by atoms with Gasteiger partial charge in [-0.3, -0.25) is 4.79 Å². The summed E-state index contributed by atoms with van der Waals surface area (Å²) in [5.41, 5.74) is 0. The Hall–Kier alpha value is -0.580. The molecule has 4 nitrogen and oxygen atoms in total. The maximum absolute atomic E-state index is 10.6. The third-order valence-corrected chi connectivity index (χ3v) is 2.46. The van der Waals surface area contributed by atoms with Crippen LogP contribution in [-0.2, 0) is 10.7 Å². The number of unbranched alkanes of at least 4 members (excludes halogenated alkanes) is 5. The van der Waals surface area contributed by atoms with Gasteiger partial charge in [-0.05, 0) is 6.42 Å². The zero-order valence-electron chi connectivity index (χ0n) is 8.62. The molecule has 0 aliphatic heterocycles. The Morgan fingerprint density at radius 3 is 2.21 bits per heavy atom. The molecule has 0 heterocycles. The summed E-state index contributed by atoms with van der Waals surface area (Å²) in [7, 11) is -2.94. The molecule has 5 heteroatoms. The van der Waals surface area contributed by atoms with Gasteiger partial charge in [0.15, 0.2) is 0 Å². The number of nitrogens with one attached hydrogen (secondary N) is 1. The van der Waals surface area contributed by atoms with E-state index in [0.717, 1.165) is 19.3 Å². The lowest BCUT2D eigenvalue weighted by molar-refractivity contribution is 0.259. The first-order valence-corrected chi connectivity index (χ1v) is 6.28. The van der Waals surface area contributed by atoms with Crippen LogP contribution in [-0.4, -0.2) is 20.2 Å². The van der Waals surface area contributed by atoms with Gasteiger partial charge in [0.2, 0.25) is 10.7 Å². The van der Waals surface area contributed by atoms with Crippen LogP contribution < -0.4 is 5.32 Å². The quantitative estimate of drug-likeness (QED) is 0.507. The highest BCUT2D eigenvalue weighted by atomic mass is 32.2. The molecule has 1 N–H and O–H groups in total. The van der Waals surface area contributed by atoms with Crippen molar-refractivity contribution in [3.05, 3.63) is 0 Å². The fourth-order valence-corrected chi connectivity index (χ4v) is 1.41. The van der Waals surface area contributed by atoms with Crippen molar-refractivity contribution in [1.29, 1.82) is 0 Å². The first-order valence-electron chi connectivity index (χ1n) is 5.10. The Kier molecular flexibility index (Phi) is 8.62. The average molecular weight is 221 g/mol. The smallest absolute Gasteiger partial charge is 0.333 e. The maximum Gasteiger partial charge on any atom is 0.333 e. The molecule has 14 heavy (non-hydrogen) atoms. The molecular formula is C9H19NO3S. The molecule has 0 saturated carbocycles. The lowest BCUT2D eigenvalue weighted by Crippen LogP contribution is -2.23. The molecule has 0 aromatic heterocycles. The topological polar surface area (TPSA) is 63.2 Å². The minimum atomic E-state index is -2.94. The second-order valence-electron chi connectivity index (χ2n) is 3.26. The third kappa shape index (κ3) is 8.04. The summed E-state index contributed by atoms with van der Waals surface area (Å²) in [5.74, 6) is 0. The van der Waals surface area contributed by atoms with Crippen molar-refractivity contribution in [3.63, 3.8) is 0 Å². The molecule has 0 atom stereocenters. The number of carbonyl (C=O) groups excluding carboxylic acids is 1.